The normalized spacial score (nSPS) is 22.3. The number of aromatic nitrogens is 2. The minimum Gasteiger partial charge on any atom is -0.451 e. The summed E-state index contributed by atoms with van der Waals surface area (Å²) in [7, 11) is 0. The lowest BCUT2D eigenvalue weighted by molar-refractivity contribution is -0.137. The number of piperidine rings is 1. The number of ether oxygens (including phenoxy) is 1. The van der Waals surface area contributed by atoms with Gasteiger partial charge >= 0.3 is 5.97 Å². The molecule has 1 aromatic carbocycles. The van der Waals surface area contributed by atoms with Crippen molar-refractivity contribution >= 4 is 22.6 Å². The Morgan fingerprint density at radius 2 is 1.85 bits per heavy atom. The second-order valence-electron chi connectivity index (χ2n) is 7.46. The predicted molar refractivity (Wildman–Crippen MR) is 99.3 cm³/mol. The molecule has 27 heavy (non-hydrogen) atoms. The summed E-state index contributed by atoms with van der Waals surface area (Å²) in [6.45, 7) is 1.20. The minimum atomic E-state index is -0.705. The third-order valence-corrected chi connectivity index (χ3v) is 5.86. The van der Waals surface area contributed by atoms with Crippen LogP contribution in [0.15, 0.2) is 29.1 Å². The highest BCUT2D eigenvalue weighted by molar-refractivity contribution is 6.02. The zero-order valence-electron chi connectivity index (χ0n) is 15.1. The van der Waals surface area contributed by atoms with Gasteiger partial charge in [-0.25, -0.2) is 9.89 Å². The van der Waals surface area contributed by atoms with Gasteiger partial charge in [-0.1, -0.05) is 37.5 Å². The van der Waals surface area contributed by atoms with Crippen molar-refractivity contribution in [3.05, 3.63) is 40.3 Å². The van der Waals surface area contributed by atoms with E-state index < -0.39 is 5.97 Å². The number of nitrogens with zero attached hydrogens (tertiary/aromatic N) is 2. The molecule has 1 aliphatic carbocycles. The number of benzene rings is 1. The van der Waals surface area contributed by atoms with Crippen molar-refractivity contribution in [3.8, 4) is 0 Å². The number of fused-ring (bicyclic) bond motifs is 2. The van der Waals surface area contributed by atoms with Gasteiger partial charge in [0, 0.05) is 18.5 Å². The SMILES string of the molecule is O=C(OCC(=O)N1CC[C@@H]2CCCC[C@@H]2C1)c1n[nH]c(=O)c2ccccc12. The van der Waals surface area contributed by atoms with Crippen molar-refractivity contribution in [1.82, 2.24) is 15.1 Å². The van der Waals surface area contributed by atoms with E-state index in [0.717, 1.165) is 25.4 Å². The Morgan fingerprint density at radius 1 is 1.11 bits per heavy atom. The molecule has 1 saturated heterocycles. The predicted octanol–water partition coefficient (Wildman–Crippen LogP) is 2.12. The fourth-order valence-electron chi connectivity index (χ4n) is 4.38. The molecule has 0 spiro atoms. The number of likely N-dealkylation sites (tertiary alicyclic amines) is 1. The zero-order valence-corrected chi connectivity index (χ0v) is 15.1. The van der Waals surface area contributed by atoms with Crippen LogP contribution in [-0.2, 0) is 9.53 Å². The molecule has 4 rings (SSSR count). The van der Waals surface area contributed by atoms with Gasteiger partial charge in [0.1, 0.15) is 0 Å². The molecule has 0 unspecified atom stereocenters. The summed E-state index contributed by atoms with van der Waals surface area (Å²) in [6, 6.07) is 6.70. The highest BCUT2D eigenvalue weighted by atomic mass is 16.5. The summed E-state index contributed by atoms with van der Waals surface area (Å²) in [4.78, 5) is 38.5. The zero-order chi connectivity index (χ0) is 18.8. The van der Waals surface area contributed by atoms with Crippen molar-refractivity contribution in [3.63, 3.8) is 0 Å². The first-order chi connectivity index (χ1) is 13.1. The molecule has 2 fully saturated rings. The van der Waals surface area contributed by atoms with Crippen molar-refractivity contribution in [2.45, 2.75) is 32.1 Å². The standard InChI is InChI=1S/C20H23N3O4/c24-17(23-10-9-13-5-1-2-6-14(13)11-23)12-27-20(26)18-15-7-3-4-8-16(15)19(25)22-21-18/h3-4,7-8,13-14H,1-2,5-6,9-12H2,(H,22,25)/t13-,14+/m0/s1. The minimum absolute atomic E-state index is 0.0176. The van der Waals surface area contributed by atoms with Crippen molar-refractivity contribution < 1.29 is 14.3 Å². The molecule has 1 aromatic heterocycles. The quantitative estimate of drug-likeness (QED) is 0.837. The molecule has 2 aliphatic rings. The largest absolute Gasteiger partial charge is 0.451 e. The summed E-state index contributed by atoms with van der Waals surface area (Å²) in [6.07, 6.45) is 6.03. The van der Waals surface area contributed by atoms with E-state index in [2.05, 4.69) is 10.2 Å². The maximum absolute atomic E-state index is 12.5. The molecular formula is C20H23N3O4. The second-order valence-corrected chi connectivity index (χ2v) is 7.46. The molecule has 7 heteroatoms. The van der Waals surface area contributed by atoms with Gasteiger partial charge in [0.05, 0.1) is 5.39 Å². The van der Waals surface area contributed by atoms with Gasteiger partial charge in [-0.3, -0.25) is 9.59 Å². The summed E-state index contributed by atoms with van der Waals surface area (Å²) in [5.74, 6) is 0.448. The van der Waals surface area contributed by atoms with Crippen molar-refractivity contribution in [1.29, 1.82) is 0 Å². The molecule has 1 amide bonds. The van der Waals surface area contributed by atoms with E-state index in [9.17, 15) is 14.4 Å². The van der Waals surface area contributed by atoms with E-state index in [-0.39, 0.29) is 23.8 Å². The first-order valence-corrected chi connectivity index (χ1v) is 9.56. The number of esters is 1. The van der Waals surface area contributed by atoms with Gasteiger partial charge in [0.15, 0.2) is 12.3 Å². The molecule has 1 saturated carbocycles. The maximum atomic E-state index is 12.5. The number of H-pyrrole nitrogens is 1. The summed E-state index contributed by atoms with van der Waals surface area (Å²) in [5, 5.41) is 6.90. The summed E-state index contributed by atoms with van der Waals surface area (Å²) >= 11 is 0. The monoisotopic (exact) mass is 369 g/mol. The molecule has 2 atom stereocenters. The lowest BCUT2D eigenvalue weighted by Crippen LogP contribution is -2.46. The Labute approximate surface area is 156 Å². The fraction of sp³-hybridized carbons (Fsp3) is 0.500. The van der Waals surface area contributed by atoms with E-state index in [1.807, 2.05) is 4.90 Å². The van der Waals surface area contributed by atoms with Gasteiger partial charge in [0.2, 0.25) is 0 Å². The second kappa shape index (κ2) is 7.50. The summed E-state index contributed by atoms with van der Waals surface area (Å²) < 4.78 is 5.21. The van der Waals surface area contributed by atoms with Crippen LogP contribution >= 0.6 is 0 Å². The van der Waals surface area contributed by atoms with Crippen LogP contribution < -0.4 is 5.56 Å². The van der Waals surface area contributed by atoms with E-state index in [4.69, 9.17) is 4.74 Å². The maximum Gasteiger partial charge on any atom is 0.359 e. The molecule has 7 nitrogen and oxygen atoms in total. The smallest absolute Gasteiger partial charge is 0.359 e. The Hall–Kier alpha value is -2.70. The van der Waals surface area contributed by atoms with Crippen LogP contribution in [0, 0.1) is 11.8 Å². The van der Waals surface area contributed by atoms with Gasteiger partial charge in [-0.15, -0.1) is 0 Å². The Kier molecular flexibility index (Phi) is 4.92. The number of amides is 1. The van der Waals surface area contributed by atoms with Gasteiger partial charge < -0.3 is 9.64 Å². The van der Waals surface area contributed by atoms with E-state index in [1.54, 1.807) is 24.3 Å². The molecular weight excluding hydrogens is 346 g/mol. The number of hydrogen-bond donors (Lipinski definition) is 1. The van der Waals surface area contributed by atoms with Gasteiger partial charge in [-0.05, 0) is 30.7 Å². The lowest BCUT2D eigenvalue weighted by atomic mass is 9.75. The molecule has 142 valence electrons. The Morgan fingerprint density at radius 3 is 2.67 bits per heavy atom. The Bertz CT molecular complexity index is 923. The molecule has 2 heterocycles. The van der Waals surface area contributed by atoms with Gasteiger partial charge in [-0.2, -0.15) is 5.10 Å². The number of carbonyl (C=O) groups is 2. The molecule has 2 aromatic rings. The number of aromatic amines is 1. The van der Waals surface area contributed by atoms with Gasteiger partial charge in [0.25, 0.3) is 11.5 Å². The van der Waals surface area contributed by atoms with Crippen LogP contribution in [-0.4, -0.2) is 46.7 Å². The van der Waals surface area contributed by atoms with E-state index in [1.165, 1.54) is 25.7 Å². The van der Waals surface area contributed by atoms with Crippen LogP contribution in [0.5, 0.6) is 0 Å². The highest BCUT2D eigenvalue weighted by Gasteiger charge is 2.33. The number of hydrogen-bond acceptors (Lipinski definition) is 5. The van der Waals surface area contributed by atoms with Crippen LogP contribution in [0.2, 0.25) is 0 Å². The van der Waals surface area contributed by atoms with Crippen LogP contribution in [0.25, 0.3) is 10.8 Å². The Balaban J connectivity index is 1.40. The molecule has 1 aliphatic heterocycles. The van der Waals surface area contributed by atoms with Crippen LogP contribution in [0.3, 0.4) is 0 Å². The average Bonchev–Trinajstić information content (AvgIpc) is 2.72. The summed E-state index contributed by atoms with van der Waals surface area (Å²) in [5.41, 5.74) is -0.349. The number of nitrogens with one attached hydrogen (secondary N) is 1. The molecule has 0 radical (unpaired) electrons. The van der Waals surface area contributed by atoms with Crippen LogP contribution in [0.4, 0.5) is 0 Å². The number of carbonyl (C=O) groups excluding carboxylic acids is 2. The first-order valence-electron chi connectivity index (χ1n) is 9.56. The number of rotatable bonds is 3. The third-order valence-electron chi connectivity index (χ3n) is 5.86. The lowest BCUT2D eigenvalue weighted by Gasteiger charge is -2.41. The third kappa shape index (κ3) is 3.59. The highest BCUT2D eigenvalue weighted by Crippen LogP contribution is 2.36. The van der Waals surface area contributed by atoms with Crippen molar-refractivity contribution in [2.75, 3.05) is 19.7 Å². The topological polar surface area (TPSA) is 92.4 Å². The van der Waals surface area contributed by atoms with E-state index >= 15 is 0 Å². The van der Waals surface area contributed by atoms with Crippen LogP contribution in [0.1, 0.15) is 42.6 Å². The average molecular weight is 369 g/mol. The van der Waals surface area contributed by atoms with Crippen molar-refractivity contribution in [2.24, 2.45) is 11.8 Å². The fourth-order valence-corrected chi connectivity index (χ4v) is 4.38. The molecule has 0 bridgehead atoms. The van der Waals surface area contributed by atoms with E-state index in [0.29, 0.717) is 16.7 Å². The molecule has 1 N–H and O–H groups in total. The first kappa shape index (κ1) is 17.7.